The van der Waals surface area contributed by atoms with Crippen LogP contribution in [0.5, 0.6) is 0 Å². The quantitative estimate of drug-likeness (QED) is 0.0169. The smallest absolute Gasteiger partial charge is 0.462 e. The van der Waals surface area contributed by atoms with Crippen LogP contribution in [-0.4, -0.2) is 96.7 Å². The SMILES string of the molecule is CC/C=C\C/C=C\C/C=C\C/C=C\C/C=C\CCCCCC(=O)OCC(COP(=O)(O)OCC(O)COP(=O)(O)OCC(COC(=O)CCCCCCC/C=C\C/C=C\CCC)OC(=O)CCCCCCCCCCCCCCC)OC(=O)CCCCCCC/C=C\C/C=C\CCCCC. The Kier molecular flexibility index (Phi) is 69.9. The van der Waals surface area contributed by atoms with Gasteiger partial charge in [-0.25, -0.2) is 9.13 Å². The van der Waals surface area contributed by atoms with Crippen LogP contribution in [0, 0.1) is 0 Å². The number of phosphoric acid groups is 2. The van der Waals surface area contributed by atoms with E-state index in [4.69, 9.17) is 37.0 Å². The Hall–Kier alpha value is -4.28. The largest absolute Gasteiger partial charge is 0.472 e. The van der Waals surface area contributed by atoms with Crippen molar-refractivity contribution in [1.82, 2.24) is 0 Å². The van der Waals surface area contributed by atoms with Gasteiger partial charge in [-0.2, -0.15) is 0 Å². The Balaban J connectivity index is 5.38. The van der Waals surface area contributed by atoms with E-state index in [0.29, 0.717) is 25.7 Å². The molecule has 0 amide bonds. The van der Waals surface area contributed by atoms with Crippen LogP contribution in [0.25, 0.3) is 0 Å². The molecule has 0 saturated heterocycles. The number of phosphoric ester groups is 2. The van der Waals surface area contributed by atoms with E-state index >= 15 is 0 Å². The molecule has 3 N–H and O–H groups in total. The number of aliphatic hydroxyl groups excluding tert-OH is 1. The highest BCUT2D eigenvalue weighted by molar-refractivity contribution is 7.47. The van der Waals surface area contributed by atoms with Gasteiger partial charge < -0.3 is 33.8 Å². The van der Waals surface area contributed by atoms with E-state index in [0.717, 1.165) is 173 Å². The van der Waals surface area contributed by atoms with Gasteiger partial charge in [0.05, 0.1) is 26.4 Å². The molecule has 576 valence electrons. The Morgan fingerprint density at radius 2 is 0.540 bits per heavy atom. The molecular weight excluding hydrogens is 1310 g/mol. The number of unbranched alkanes of at least 4 members (excludes halogenated alkanes) is 29. The molecule has 5 unspecified atom stereocenters. The van der Waals surface area contributed by atoms with Gasteiger partial charge in [-0.15, -0.1) is 0 Å². The number of rotatable bonds is 73. The molecule has 0 radical (unpaired) electrons. The van der Waals surface area contributed by atoms with Gasteiger partial charge in [-0.05, 0) is 128 Å². The van der Waals surface area contributed by atoms with Crippen LogP contribution < -0.4 is 0 Å². The molecule has 0 bridgehead atoms. The number of aliphatic hydroxyl groups is 1. The maximum atomic E-state index is 13.1. The second-order valence-electron chi connectivity index (χ2n) is 25.9. The molecule has 0 rings (SSSR count). The monoisotopic (exact) mass is 1450 g/mol. The fraction of sp³-hybridized carbons (Fsp3) is 0.728. The first-order valence-corrected chi connectivity index (χ1v) is 42.1. The Labute approximate surface area is 607 Å². The van der Waals surface area contributed by atoms with Gasteiger partial charge in [-0.3, -0.25) is 37.3 Å². The fourth-order valence-corrected chi connectivity index (χ4v) is 11.8. The number of ether oxygens (including phenoxy) is 4. The van der Waals surface area contributed by atoms with Crippen LogP contribution in [0.2, 0.25) is 0 Å². The number of hydrogen-bond donors (Lipinski definition) is 3. The summed E-state index contributed by atoms with van der Waals surface area (Å²) in [4.78, 5) is 72.9. The van der Waals surface area contributed by atoms with Crippen molar-refractivity contribution in [2.24, 2.45) is 0 Å². The third-order valence-electron chi connectivity index (χ3n) is 16.2. The lowest BCUT2D eigenvalue weighted by molar-refractivity contribution is -0.161. The van der Waals surface area contributed by atoms with Crippen molar-refractivity contribution in [2.45, 2.75) is 341 Å². The van der Waals surface area contributed by atoms with Crippen molar-refractivity contribution in [1.29, 1.82) is 0 Å². The summed E-state index contributed by atoms with van der Waals surface area (Å²) in [6.45, 7) is 4.62. The normalized spacial score (nSPS) is 14.5. The molecule has 5 atom stereocenters. The van der Waals surface area contributed by atoms with Crippen molar-refractivity contribution >= 4 is 39.5 Å². The molecule has 0 aromatic carbocycles. The lowest BCUT2D eigenvalue weighted by atomic mass is 10.0. The maximum absolute atomic E-state index is 13.1. The Bertz CT molecular complexity index is 2320. The third-order valence-corrected chi connectivity index (χ3v) is 18.1. The number of hydrogen-bond acceptors (Lipinski definition) is 15. The van der Waals surface area contributed by atoms with E-state index in [9.17, 15) is 43.2 Å². The highest BCUT2D eigenvalue weighted by Crippen LogP contribution is 2.45. The zero-order chi connectivity index (χ0) is 73.2. The minimum absolute atomic E-state index is 0.0701. The molecule has 0 aliphatic rings. The minimum atomic E-state index is -4.99. The summed E-state index contributed by atoms with van der Waals surface area (Å²) < 4.78 is 68.5. The van der Waals surface area contributed by atoms with Crippen molar-refractivity contribution in [3.05, 3.63) is 109 Å². The average Bonchev–Trinajstić information content (AvgIpc) is 0.946. The summed E-state index contributed by atoms with van der Waals surface area (Å²) in [5.74, 6) is -2.23. The van der Waals surface area contributed by atoms with E-state index in [1.165, 1.54) is 70.6 Å². The Morgan fingerprint density at radius 3 is 0.870 bits per heavy atom. The number of esters is 4. The van der Waals surface area contributed by atoms with Crippen molar-refractivity contribution in [3.8, 4) is 0 Å². The molecular formula is C81H140O17P2. The summed E-state index contributed by atoms with van der Waals surface area (Å²) in [5.41, 5.74) is 0. The van der Waals surface area contributed by atoms with Crippen molar-refractivity contribution < 1.29 is 80.2 Å². The van der Waals surface area contributed by atoms with Gasteiger partial charge in [0.25, 0.3) is 0 Å². The topological polar surface area (TPSA) is 237 Å². The average molecular weight is 1450 g/mol. The summed E-state index contributed by atoms with van der Waals surface area (Å²) in [5, 5.41) is 10.6. The molecule has 0 aliphatic heterocycles. The summed E-state index contributed by atoms with van der Waals surface area (Å²) >= 11 is 0. The van der Waals surface area contributed by atoms with Crippen LogP contribution >= 0.6 is 15.6 Å². The third kappa shape index (κ3) is 72.1. The molecule has 0 fully saturated rings. The number of carbonyl (C=O) groups is 4. The van der Waals surface area contributed by atoms with Crippen LogP contribution in [0.15, 0.2) is 109 Å². The molecule has 19 heteroatoms. The predicted molar refractivity (Wildman–Crippen MR) is 408 cm³/mol. The zero-order valence-corrected chi connectivity index (χ0v) is 64.6. The molecule has 0 spiro atoms. The molecule has 0 aliphatic carbocycles. The van der Waals surface area contributed by atoms with Gasteiger partial charge in [0, 0.05) is 25.7 Å². The van der Waals surface area contributed by atoms with E-state index in [1.807, 2.05) is 0 Å². The molecule has 0 aromatic rings. The second-order valence-corrected chi connectivity index (χ2v) is 28.8. The van der Waals surface area contributed by atoms with Crippen LogP contribution in [0.3, 0.4) is 0 Å². The highest BCUT2D eigenvalue weighted by atomic mass is 31.2. The standard InChI is InChI=1S/C81H140O17P2/c1-5-9-13-17-21-25-29-33-35-36-37-38-40-43-46-50-54-58-62-66-79(84)92-72-77(98-81(86)68-64-60-56-52-48-44-39-34-30-26-22-18-14-10-6-2)74-96-100(89,90)94-70-75(82)69-93-99(87,88)95-73-76(97-80(85)67-63-59-55-51-47-42-32-28-24-20-16-12-8-4)71-91-78(83)65-61-57-53-49-45-41-31-27-23-19-15-11-7-3/h9,13,15,19,21-22,25-27,31,33-35,37-39,43,46,75-77,82H,5-8,10-12,14,16-18,20,23-24,28-30,32,36,40-42,44-45,47-74H2,1-4H3,(H,87,88)(H,89,90)/b13-9-,19-15-,25-21-,26-22-,31-27-,35-33-,38-37-,39-34-,46-43-. The van der Waals surface area contributed by atoms with E-state index < -0.39 is 97.5 Å². The fourth-order valence-electron chi connectivity index (χ4n) is 10.3. The second kappa shape index (κ2) is 73.0. The van der Waals surface area contributed by atoms with Crippen LogP contribution in [-0.2, 0) is 65.4 Å². The zero-order valence-electron chi connectivity index (χ0n) is 62.8. The highest BCUT2D eigenvalue weighted by Gasteiger charge is 2.30. The summed E-state index contributed by atoms with van der Waals surface area (Å²) in [6.07, 6.45) is 77.8. The van der Waals surface area contributed by atoms with Gasteiger partial charge >= 0.3 is 39.5 Å². The number of carbonyl (C=O) groups excluding carboxylic acids is 4. The van der Waals surface area contributed by atoms with Crippen molar-refractivity contribution in [2.75, 3.05) is 39.6 Å². The molecule has 0 saturated carbocycles. The summed E-state index contributed by atoms with van der Waals surface area (Å²) in [6, 6.07) is 0. The van der Waals surface area contributed by atoms with E-state index in [2.05, 4.69) is 137 Å². The first-order chi connectivity index (χ1) is 48.7. The van der Waals surface area contributed by atoms with Gasteiger partial charge in [-0.1, -0.05) is 278 Å². The number of allylic oxidation sites excluding steroid dienone is 18. The maximum Gasteiger partial charge on any atom is 0.472 e. The van der Waals surface area contributed by atoms with Crippen LogP contribution in [0.1, 0.15) is 323 Å². The summed E-state index contributed by atoms with van der Waals surface area (Å²) in [7, 11) is -9.96. The molecule has 17 nitrogen and oxygen atoms in total. The van der Waals surface area contributed by atoms with Gasteiger partial charge in [0.2, 0.25) is 0 Å². The molecule has 0 heterocycles. The van der Waals surface area contributed by atoms with Gasteiger partial charge in [0.15, 0.2) is 12.2 Å². The predicted octanol–water partition coefficient (Wildman–Crippen LogP) is 22.6. The lowest BCUT2D eigenvalue weighted by Gasteiger charge is -2.21. The van der Waals surface area contributed by atoms with Gasteiger partial charge in [0.1, 0.15) is 19.3 Å². The first kappa shape index (κ1) is 95.7. The van der Waals surface area contributed by atoms with Crippen LogP contribution in [0.4, 0.5) is 0 Å². The van der Waals surface area contributed by atoms with E-state index in [1.54, 1.807) is 0 Å². The first-order valence-electron chi connectivity index (χ1n) is 39.1. The lowest BCUT2D eigenvalue weighted by Crippen LogP contribution is -2.30. The Morgan fingerprint density at radius 1 is 0.290 bits per heavy atom. The van der Waals surface area contributed by atoms with Crippen molar-refractivity contribution in [3.63, 3.8) is 0 Å². The van der Waals surface area contributed by atoms with E-state index in [-0.39, 0.29) is 25.7 Å². The molecule has 100 heavy (non-hydrogen) atoms. The minimum Gasteiger partial charge on any atom is -0.462 e. The molecule has 0 aromatic heterocycles.